The van der Waals surface area contributed by atoms with Crippen LogP contribution in [0.4, 0.5) is 0 Å². The molecule has 15 heavy (non-hydrogen) atoms. The van der Waals surface area contributed by atoms with Crippen LogP contribution in [0.15, 0.2) is 0 Å². The summed E-state index contributed by atoms with van der Waals surface area (Å²) in [6.07, 6.45) is 4.94. The van der Waals surface area contributed by atoms with Gasteiger partial charge in [-0.2, -0.15) is 5.10 Å². The molecule has 0 unspecified atom stereocenters. The van der Waals surface area contributed by atoms with E-state index in [1.807, 2.05) is 0 Å². The monoisotopic (exact) mass is 208 g/mol. The van der Waals surface area contributed by atoms with Crippen LogP contribution in [-0.4, -0.2) is 15.2 Å². The van der Waals surface area contributed by atoms with Crippen molar-refractivity contribution in [2.24, 2.45) is 11.1 Å². The highest BCUT2D eigenvalue weighted by Gasteiger charge is 2.29. The Morgan fingerprint density at radius 2 is 2.07 bits per heavy atom. The molecule has 1 aromatic heterocycles. The molecule has 1 aromatic rings. The van der Waals surface area contributed by atoms with Crippen molar-refractivity contribution in [3.63, 3.8) is 0 Å². The van der Waals surface area contributed by atoms with Crippen molar-refractivity contribution >= 4 is 0 Å². The summed E-state index contributed by atoms with van der Waals surface area (Å²) in [7, 11) is 0. The third-order valence-corrected chi connectivity index (χ3v) is 3.45. The van der Waals surface area contributed by atoms with Crippen LogP contribution in [0.3, 0.4) is 0 Å². The average Bonchev–Trinajstić information content (AvgIpc) is 2.66. The molecular weight excluding hydrogens is 188 g/mol. The lowest BCUT2D eigenvalue weighted by atomic mass is 9.73. The fraction of sp³-hybridized carbons (Fsp3) is 0.818. The van der Waals surface area contributed by atoms with Gasteiger partial charge in [-0.05, 0) is 31.1 Å². The van der Waals surface area contributed by atoms with Gasteiger partial charge in [0.1, 0.15) is 5.82 Å². The van der Waals surface area contributed by atoms with Crippen LogP contribution in [-0.2, 0) is 6.54 Å². The molecule has 4 heteroatoms. The van der Waals surface area contributed by atoms with Gasteiger partial charge >= 0.3 is 0 Å². The van der Waals surface area contributed by atoms with Crippen molar-refractivity contribution < 1.29 is 0 Å². The summed E-state index contributed by atoms with van der Waals surface area (Å²) >= 11 is 0. The highest BCUT2D eigenvalue weighted by molar-refractivity contribution is 5.00. The van der Waals surface area contributed by atoms with Gasteiger partial charge in [0.15, 0.2) is 5.82 Å². The maximum Gasteiger partial charge on any atom is 0.153 e. The van der Waals surface area contributed by atoms with Gasteiger partial charge in [0, 0.05) is 5.92 Å². The predicted molar refractivity (Wildman–Crippen MR) is 59.3 cm³/mol. The predicted octanol–water partition coefficient (Wildman–Crippen LogP) is 1.95. The number of aromatic amines is 1. The second-order valence-corrected chi connectivity index (χ2v) is 5.28. The summed E-state index contributed by atoms with van der Waals surface area (Å²) in [5.41, 5.74) is 6.01. The molecule has 0 atom stereocenters. The van der Waals surface area contributed by atoms with E-state index < -0.39 is 0 Å². The number of nitrogens with one attached hydrogen (secondary N) is 1. The Morgan fingerprint density at radius 1 is 1.40 bits per heavy atom. The van der Waals surface area contributed by atoms with Gasteiger partial charge in [0.2, 0.25) is 0 Å². The third-order valence-electron chi connectivity index (χ3n) is 3.45. The minimum atomic E-state index is 0.450. The second kappa shape index (κ2) is 3.93. The quantitative estimate of drug-likeness (QED) is 0.780. The topological polar surface area (TPSA) is 67.6 Å². The van der Waals surface area contributed by atoms with Crippen molar-refractivity contribution in [2.45, 2.75) is 52.0 Å². The second-order valence-electron chi connectivity index (χ2n) is 5.28. The van der Waals surface area contributed by atoms with E-state index in [4.69, 9.17) is 5.73 Å². The molecule has 3 N–H and O–H groups in total. The number of rotatable bonds is 2. The van der Waals surface area contributed by atoms with Crippen LogP contribution in [0.2, 0.25) is 0 Å². The van der Waals surface area contributed by atoms with E-state index in [1.165, 1.54) is 25.7 Å². The number of hydrogen-bond acceptors (Lipinski definition) is 3. The first kappa shape index (κ1) is 10.6. The summed E-state index contributed by atoms with van der Waals surface area (Å²) in [4.78, 5) is 4.41. The lowest BCUT2D eigenvalue weighted by Gasteiger charge is -2.33. The van der Waals surface area contributed by atoms with Crippen LogP contribution >= 0.6 is 0 Å². The minimum Gasteiger partial charge on any atom is -0.324 e. The van der Waals surface area contributed by atoms with Gasteiger partial charge < -0.3 is 5.73 Å². The molecule has 0 radical (unpaired) electrons. The molecule has 0 bridgehead atoms. The zero-order valence-electron chi connectivity index (χ0n) is 9.58. The van der Waals surface area contributed by atoms with E-state index in [2.05, 4.69) is 29.0 Å². The number of H-pyrrole nitrogens is 1. The Labute approximate surface area is 90.7 Å². The maximum atomic E-state index is 5.50. The molecule has 4 nitrogen and oxygen atoms in total. The van der Waals surface area contributed by atoms with Gasteiger partial charge in [-0.25, -0.2) is 4.98 Å². The normalized spacial score (nSPS) is 21.8. The summed E-state index contributed by atoms with van der Waals surface area (Å²) in [5, 5.41) is 7.13. The SMILES string of the molecule is CC1(C)CCC(c2n[nH]c(CN)n2)CC1. The molecule has 0 aliphatic heterocycles. The fourth-order valence-electron chi connectivity index (χ4n) is 2.24. The molecule has 1 aliphatic rings. The largest absolute Gasteiger partial charge is 0.324 e. The van der Waals surface area contributed by atoms with E-state index in [9.17, 15) is 0 Å². The number of nitrogens with two attached hydrogens (primary N) is 1. The maximum absolute atomic E-state index is 5.50. The fourth-order valence-corrected chi connectivity index (χ4v) is 2.24. The minimum absolute atomic E-state index is 0.450. The molecule has 1 saturated carbocycles. The standard InChI is InChI=1S/C11H20N4/c1-11(2)5-3-8(4-6-11)10-13-9(7-12)14-15-10/h8H,3-7,12H2,1-2H3,(H,13,14,15). The molecule has 2 rings (SSSR count). The Bertz CT molecular complexity index is 319. The van der Waals surface area contributed by atoms with Crippen molar-refractivity contribution in [1.29, 1.82) is 0 Å². The van der Waals surface area contributed by atoms with Gasteiger partial charge in [0.05, 0.1) is 6.54 Å². The van der Waals surface area contributed by atoms with Gasteiger partial charge in [-0.3, -0.25) is 5.10 Å². The van der Waals surface area contributed by atoms with Crippen LogP contribution in [0.25, 0.3) is 0 Å². The Balaban J connectivity index is 2.01. The van der Waals surface area contributed by atoms with Crippen LogP contribution < -0.4 is 5.73 Å². The van der Waals surface area contributed by atoms with Gasteiger partial charge in [0.25, 0.3) is 0 Å². The van der Waals surface area contributed by atoms with Crippen molar-refractivity contribution in [1.82, 2.24) is 15.2 Å². The number of aromatic nitrogens is 3. The van der Waals surface area contributed by atoms with Crippen LogP contribution in [0.1, 0.15) is 57.1 Å². The summed E-state index contributed by atoms with van der Waals surface area (Å²) in [6, 6.07) is 0. The van der Waals surface area contributed by atoms with Crippen molar-refractivity contribution in [2.75, 3.05) is 0 Å². The first-order chi connectivity index (χ1) is 7.11. The lowest BCUT2D eigenvalue weighted by molar-refractivity contribution is 0.221. The lowest BCUT2D eigenvalue weighted by Crippen LogP contribution is -2.20. The highest BCUT2D eigenvalue weighted by Crippen LogP contribution is 2.41. The Kier molecular flexibility index (Phi) is 2.78. The van der Waals surface area contributed by atoms with Crippen molar-refractivity contribution in [3.05, 3.63) is 11.6 Å². The zero-order chi connectivity index (χ0) is 10.9. The van der Waals surface area contributed by atoms with Gasteiger partial charge in [-0.15, -0.1) is 0 Å². The summed E-state index contributed by atoms with van der Waals surface area (Å²) < 4.78 is 0. The van der Waals surface area contributed by atoms with E-state index in [0.29, 0.717) is 17.9 Å². The van der Waals surface area contributed by atoms with Crippen LogP contribution in [0.5, 0.6) is 0 Å². The zero-order valence-corrected chi connectivity index (χ0v) is 9.58. The van der Waals surface area contributed by atoms with Crippen molar-refractivity contribution in [3.8, 4) is 0 Å². The molecule has 1 heterocycles. The third kappa shape index (κ3) is 2.37. The first-order valence-electron chi connectivity index (χ1n) is 5.72. The van der Waals surface area contributed by atoms with E-state index in [1.54, 1.807) is 0 Å². The van der Waals surface area contributed by atoms with E-state index in [0.717, 1.165) is 11.6 Å². The number of hydrogen-bond donors (Lipinski definition) is 2. The molecule has 0 aromatic carbocycles. The Morgan fingerprint density at radius 3 is 2.60 bits per heavy atom. The molecule has 84 valence electrons. The number of nitrogens with zero attached hydrogens (tertiary/aromatic N) is 2. The van der Waals surface area contributed by atoms with Crippen LogP contribution in [0, 0.1) is 5.41 Å². The van der Waals surface area contributed by atoms with E-state index >= 15 is 0 Å². The average molecular weight is 208 g/mol. The summed E-state index contributed by atoms with van der Waals surface area (Å²) in [5.74, 6) is 2.30. The summed E-state index contributed by atoms with van der Waals surface area (Å²) in [6.45, 7) is 5.13. The van der Waals surface area contributed by atoms with E-state index in [-0.39, 0.29) is 0 Å². The smallest absolute Gasteiger partial charge is 0.153 e. The Hall–Kier alpha value is -0.900. The highest BCUT2D eigenvalue weighted by atomic mass is 15.2. The molecule has 0 amide bonds. The molecular formula is C11H20N4. The molecule has 0 saturated heterocycles. The van der Waals surface area contributed by atoms with Gasteiger partial charge in [-0.1, -0.05) is 13.8 Å². The molecule has 1 aliphatic carbocycles. The first-order valence-corrected chi connectivity index (χ1v) is 5.72. The molecule has 1 fully saturated rings. The molecule has 0 spiro atoms.